The second-order valence-corrected chi connectivity index (χ2v) is 7.82. The lowest BCUT2D eigenvalue weighted by molar-refractivity contribution is 0.415. The quantitative estimate of drug-likeness (QED) is 0.338. The second kappa shape index (κ2) is 10.8. The van der Waals surface area contributed by atoms with Crippen molar-refractivity contribution in [1.82, 2.24) is 4.98 Å². The van der Waals surface area contributed by atoms with E-state index in [0.717, 1.165) is 12.2 Å². The van der Waals surface area contributed by atoms with Crippen molar-refractivity contribution in [3.05, 3.63) is 83.7 Å². The van der Waals surface area contributed by atoms with E-state index in [-0.39, 0.29) is 0 Å². The minimum Gasteiger partial charge on any atom is -0.497 e. The molecule has 1 atom stereocenters. The maximum absolute atomic E-state index is 5.24. The van der Waals surface area contributed by atoms with Gasteiger partial charge in [-0.1, -0.05) is 82.0 Å². The van der Waals surface area contributed by atoms with E-state index in [2.05, 4.69) is 68.6 Å². The highest BCUT2D eigenvalue weighted by Gasteiger charge is 2.10. The summed E-state index contributed by atoms with van der Waals surface area (Å²) < 4.78 is 5.24. The molecule has 0 aliphatic rings. The average molecular weight is 388 g/mol. The lowest BCUT2D eigenvalue weighted by Crippen LogP contribution is -1.99. The lowest BCUT2D eigenvalue weighted by Gasteiger charge is -2.14. The van der Waals surface area contributed by atoms with Gasteiger partial charge in [-0.25, -0.2) is 0 Å². The molecule has 29 heavy (non-hydrogen) atoms. The van der Waals surface area contributed by atoms with Crippen LogP contribution in [0.1, 0.15) is 68.7 Å². The zero-order chi connectivity index (χ0) is 20.5. The Balaban J connectivity index is 1.60. The molecule has 0 N–H and O–H groups in total. The number of hydrogen-bond donors (Lipinski definition) is 0. The molecule has 0 radical (unpaired) electrons. The van der Waals surface area contributed by atoms with Gasteiger partial charge in [0.2, 0.25) is 0 Å². The first kappa shape index (κ1) is 21.1. The van der Waals surface area contributed by atoms with Crippen molar-refractivity contribution in [2.45, 2.75) is 58.3 Å². The smallest absolute Gasteiger partial charge is 0.118 e. The second-order valence-electron chi connectivity index (χ2n) is 7.82. The first-order valence-corrected chi connectivity index (χ1v) is 10.9. The van der Waals surface area contributed by atoms with Gasteiger partial charge >= 0.3 is 0 Å². The van der Waals surface area contributed by atoms with Crippen LogP contribution in [0.5, 0.6) is 5.75 Å². The summed E-state index contributed by atoms with van der Waals surface area (Å²) in [7, 11) is 1.69. The fourth-order valence-corrected chi connectivity index (χ4v) is 3.69. The summed E-state index contributed by atoms with van der Waals surface area (Å²) in [4.78, 5) is 4.71. The van der Waals surface area contributed by atoms with Crippen LogP contribution >= 0.6 is 0 Å². The van der Waals surface area contributed by atoms with Crippen molar-refractivity contribution in [3.63, 3.8) is 0 Å². The Hall–Kier alpha value is -2.61. The van der Waals surface area contributed by atoms with Gasteiger partial charge in [0, 0.05) is 17.8 Å². The van der Waals surface area contributed by atoms with Gasteiger partial charge < -0.3 is 4.74 Å². The normalized spacial score (nSPS) is 12.0. The number of pyridine rings is 1. The van der Waals surface area contributed by atoms with Crippen LogP contribution in [-0.2, 0) is 6.42 Å². The zero-order valence-electron chi connectivity index (χ0n) is 18.0. The third kappa shape index (κ3) is 5.93. The Bertz CT molecular complexity index is 851. The molecule has 1 unspecified atom stereocenters. The van der Waals surface area contributed by atoms with E-state index in [1.54, 1.807) is 7.11 Å². The van der Waals surface area contributed by atoms with Crippen LogP contribution < -0.4 is 4.74 Å². The molecule has 0 saturated heterocycles. The zero-order valence-corrected chi connectivity index (χ0v) is 18.0. The molecule has 1 aromatic heterocycles. The summed E-state index contributed by atoms with van der Waals surface area (Å²) in [5.41, 5.74) is 6.23. The van der Waals surface area contributed by atoms with E-state index >= 15 is 0 Å². The van der Waals surface area contributed by atoms with Crippen molar-refractivity contribution >= 4 is 0 Å². The monoisotopic (exact) mass is 387 g/mol. The van der Waals surface area contributed by atoms with Gasteiger partial charge in [0.1, 0.15) is 5.75 Å². The summed E-state index contributed by atoms with van der Waals surface area (Å²) in [6, 6.07) is 21.5. The van der Waals surface area contributed by atoms with Crippen LogP contribution in [0.3, 0.4) is 0 Å². The minimum absolute atomic E-state index is 0.339. The number of benzene rings is 2. The highest BCUT2D eigenvalue weighted by molar-refractivity contribution is 5.64. The fraction of sp³-hybridized carbons (Fsp3) is 0.370. The highest BCUT2D eigenvalue weighted by Crippen LogP contribution is 2.28. The number of aryl methyl sites for hydroxylation is 1. The van der Waals surface area contributed by atoms with Crippen molar-refractivity contribution in [2.24, 2.45) is 0 Å². The van der Waals surface area contributed by atoms with Crippen LogP contribution in [0, 0.1) is 0 Å². The van der Waals surface area contributed by atoms with Gasteiger partial charge in [-0.3, -0.25) is 4.98 Å². The highest BCUT2D eigenvalue weighted by atomic mass is 16.5. The predicted octanol–water partition coefficient (Wildman–Crippen LogP) is 7.42. The number of rotatable bonds is 10. The van der Waals surface area contributed by atoms with E-state index in [1.165, 1.54) is 60.1 Å². The molecule has 0 aliphatic heterocycles. The molecular weight excluding hydrogens is 354 g/mol. The molecule has 3 aromatic rings. The van der Waals surface area contributed by atoms with Crippen molar-refractivity contribution in [3.8, 4) is 16.9 Å². The maximum atomic E-state index is 5.24. The van der Waals surface area contributed by atoms with Crippen LogP contribution in [0.25, 0.3) is 11.1 Å². The first-order valence-electron chi connectivity index (χ1n) is 10.9. The topological polar surface area (TPSA) is 22.1 Å². The largest absolute Gasteiger partial charge is 0.497 e. The number of nitrogens with zero attached hydrogens (tertiary/aromatic N) is 1. The molecule has 0 aliphatic carbocycles. The Kier molecular flexibility index (Phi) is 7.86. The van der Waals surface area contributed by atoms with Gasteiger partial charge in [0.25, 0.3) is 0 Å². The molecule has 0 saturated carbocycles. The summed E-state index contributed by atoms with van der Waals surface area (Å²) >= 11 is 0. The predicted molar refractivity (Wildman–Crippen MR) is 123 cm³/mol. The summed E-state index contributed by atoms with van der Waals surface area (Å²) in [5, 5.41) is 0. The number of methoxy groups -OCH3 is 1. The Morgan fingerprint density at radius 3 is 1.97 bits per heavy atom. The molecule has 2 aromatic carbocycles. The minimum atomic E-state index is 0.339. The third-order valence-corrected chi connectivity index (χ3v) is 5.72. The first-order chi connectivity index (χ1) is 14.2. The van der Waals surface area contributed by atoms with Crippen LogP contribution in [-0.4, -0.2) is 12.1 Å². The average Bonchev–Trinajstić information content (AvgIpc) is 2.79. The van der Waals surface area contributed by atoms with E-state index in [1.807, 2.05) is 12.1 Å². The van der Waals surface area contributed by atoms with E-state index in [0.29, 0.717) is 5.92 Å². The van der Waals surface area contributed by atoms with E-state index in [4.69, 9.17) is 9.72 Å². The van der Waals surface area contributed by atoms with Crippen LogP contribution in [0.15, 0.2) is 66.9 Å². The molecule has 1 heterocycles. The molecule has 2 heteroatoms. The molecule has 2 nitrogen and oxygen atoms in total. The number of aromatic nitrogens is 1. The van der Waals surface area contributed by atoms with Crippen LogP contribution in [0.2, 0.25) is 0 Å². The van der Waals surface area contributed by atoms with Crippen molar-refractivity contribution < 1.29 is 4.74 Å². The van der Waals surface area contributed by atoms with Crippen molar-refractivity contribution in [2.75, 3.05) is 7.11 Å². The molecule has 0 bridgehead atoms. The Morgan fingerprint density at radius 2 is 1.38 bits per heavy atom. The van der Waals surface area contributed by atoms with Crippen LogP contribution in [0.4, 0.5) is 0 Å². The van der Waals surface area contributed by atoms with Crippen molar-refractivity contribution in [1.29, 1.82) is 0 Å². The number of unbranched alkanes of at least 4 members (excludes halogenated alkanes) is 4. The molecule has 0 spiro atoms. The maximum Gasteiger partial charge on any atom is 0.118 e. The lowest BCUT2D eigenvalue weighted by atomic mass is 9.92. The van der Waals surface area contributed by atoms with Gasteiger partial charge in [0.15, 0.2) is 0 Å². The van der Waals surface area contributed by atoms with E-state index in [9.17, 15) is 0 Å². The molecule has 0 amide bonds. The molecule has 0 fully saturated rings. The summed E-state index contributed by atoms with van der Waals surface area (Å²) in [6.45, 7) is 4.51. The SMILES string of the molecule is CCCCCCCc1ccc(C(C)c2ccc(-c3ccc(OC)cc3)cc2)cn1. The number of ether oxygens (including phenoxy) is 1. The van der Waals surface area contributed by atoms with Gasteiger partial charge in [-0.2, -0.15) is 0 Å². The van der Waals surface area contributed by atoms with Gasteiger partial charge in [-0.15, -0.1) is 0 Å². The standard InChI is InChI=1S/C27H33NO/c1-4-5-6-7-8-9-26-17-14-25(20-28-26)21(2)22-10-12-23(13-11-22)24-15-18-27(29-3)19-16-24/h10-21H,4-9H2,1-3H3. The molecule has 152 valence electrons. The molecule has 3 rings (SSSR count). The van der Waals surface area contributed by atoms with Gasteiger partial charge in [-0.05, 0) is 53.3 Å². The molecular formula is C27H33NO. The number of hydrogen-bond acceptors (Lipinski definition) is 2. The Labute approximate surface area is 176 Å². The van der Waals surface area contributed by atoms with E-state index < -0.39 is 0 Å². The third-order valence-electron chi connectivity index (χ3n) is 5.72. The van der Waals surface area contributed by atoms with Gasteiger partial charge in [0.05, 0.1) is 7.11 Å². The fourth-order valence-electron chi connectivity index (χ4n) is 3.69. The Morgan fingerprint density at radius 1 is 0.759 bits per heavy atom. The summed E-state index contributed by atoms with van der Waals surface area (Å²) in [5.74, 6) is 1.22. The summed E-state index contributed by atoms with van der Waals surface area (Å²) in [6.07, 6.45) is 9.70.